The lowest BCUT2D eigenvalue weighted by Crippen LogP contribution is -2.46. The Hall–Kier alpha value is -1.95. The third-order valence-electron chi connectivity index (χ3n) is 4.02. The van der Waals surface area contributed by atoms with Gasteiger partial charge in [0, 0.05) is 19.1 Å². The Labute approximate surface area is 152 Å². The number of carbonyl (C=O) groups excluding carboxylic acids is 1. The Kier molecular flexibility index (Phi) is 6.63. The van der Waals surface area contributed by atoms with Gasteiger partial charge in [-0.05, 0) is 30.5 Å². The maximum absolute atomic E-state index is 12.4. The van der Waals surface area contributed by atoms with Crippen molar-refractivity contribution in [2.45, 2.75) is 37.4 Å². The summed E-state index contributed by atoms with van der Waals surface area (Å²) in [5.41, 5.74) is -4.91. The van der Waals surface area contributed by atoms with E-state index < -0.39 is 40.6 Å². The van der Waals surface area contributed by atoms with Crippen molar-refractivity contribution >= 4 is 15.9 Å². The van der Waals surface area contributed by atoms with Crippen molar-refractivity contribution in [3.8, 4) is 5.75 Å². The fourth-order valence-electron chi connectivity index (χ4n) is 2.73. The second-order valence-corrected chi connectivity index (χ2v) is 7.64. The summed E-state index contributed by atoms with van der Waals surface area (Å²) >= 11 is 0. The molecule has 12 heteroatoms. The van der Waals surface area contributed by atoms with Gasteiger partial charge < -0.3 is 9.64 Å². The molecule has 1 amide bonds. The molecule has 0 radical (unpaired) electrons. The van der Waals surface area contributed by atoms with Crippen molar-refractivity contribution in [3.63, 3.8) is 0 Å². The van der Waals surface area contributed by atoms with Gasteiger partial charge in [-0.15, -0.1) is 0 Å². The first-order valence-corrected chi connectivity index (χ1v) is 9.37. The van der Waals surface area contributed by atoms with Crippen LogP contribution in [0.4, 0.5) is 22.0 Å². The summed E-state index contributed by atoms with van der Waals surface area (Å²) in [6.07, 6.45) is 0.802. The van der Waals surface area contributed by atoms with E-state index >= 15 is 0 Å². The van der Waals surface area contributed by atoms with Gasteiger partial charge in [0.1, 0.15) is 5.75 Å². The SMILES string of the molecule is O=C(Cc1ccc(OC(F)F)cc1)N1CCC[C@H]1CNS(=O)(=O)C(F)(F)F. The quantitative estimate of drug-likeness (QED) is 0.692. The number of alkyl halides is 5. The first-order chi connectivity index (χ1) is 12.5. The normalized spacial score (nSPS) is 18.1. The fraction of sp³-hybridized carbons (Fsp3) is 0.533. The van der Waals surface area contributed by atoms with E-state index in [4.69, 9.17) is 0 Å². The molecule has 1 aliphatic heterocycles. The van der Waals surface area contributed by atoms with E-state index in [1.165, 1.54) is 33.9 Å². The molecule has 1 N–H and O–H groups in total. The van der Waals surface area contributed by atoms with Crippen molar-refractivity contribution in [1.29, 1.82) is 0 Å². The molecule has 0 saturated carbocycles. The smallest absolute Gasteiger partial charge is 0.435 e. The maximum Gasteiger partial charge on any atom is 0.511 e. The number of amides is 1. The highest BCUT2D eigenvalue weighted by Crippen LogP contribution is 2.23. The molecular formula is C15H17F5N2O4S. The molecule has 1 atom stereocenters. The van der Waals surface area contributed by atoms with Crippen molar-refractivity contribution in [3.05, 3.63) is 29.8 Å². The van der Waals surface area contributed by atoms with Crippen molar-refractivity contribution in [2.75, 3.05) is 13.1 Å². The Morgan fingerprint density at radius 3 is 2.44 bits per heavy atom. The standard InChI is InChI=1S/C15H17F5N2O4S/c16-14(17)26-12-5-3-10(4-6-12)8-13(23)22-7-1-2-11(22)9-21-27(24,25)15(18,19)20/h3-6,11,14,21H,1-2,7-9H2/t11-/m0/s1. The predicted octanol–water partition coefficient (Wildman–Crippen LogP) is 2.26. The van der Waals surface area contributed by atoms with Crippen LogP contribution in [0.25, 0.3) is 0 Å². The van der Waals surface area contributed by atoms with Crippen LogP contribution in [-0.2, 0) is 21.2 Å². The van der Waals surface area contributed by atoms with E-state index in [9.17, 15) is 35.2 Å². The summed E-state index contributed by atoms with van der Waals surface area (Å²) in [6, 6.07) is 4.71. The zero-order valence-electron chi connectivity index (χ0n) is 13.9. The Balaban J connectivity index is 1.95. The highest BCUT2D eigenvalue weighted by molar-refractivity contribution is 7.90. The third kappa shape index (κ3) is 5.76. The van der Waals surface area contributed by atoms with Crippen molar-refractivity contribution < 1.29 is 39.9 Å². The number of halogens is 5. The summed E-state index contributed by atoms with van der Waals surface area (Å²) in [6.45, 7) is -3.21. The molecule has 152 valence electrons. The highest BCUT2D eigenvalue weighted by atomic mass is 32.2. The van der Waals surface area contributed by atoms with E-state index in [1.807, 2.05) is 0 Å². The number of sulfonamides is 1. The molecule has 1 saturated heterocycles. The van der Waals surface area contributed by atoms with Crippen molar-refractivity contribution in [1.82, 2.24) is 9.62 Å². The molecule has 1 heterocycles. The van der Waals surface area contributed by atoms with E-state index in [-0.39, 0.29) is 12.2 Å². The molecule has 1 aromatic rings. The minimum Gasteiger partial charge on any atom is -0.435 e. The Morgan fingerprint density at radius 1 is 1.26 bits per heavy atom. The lowest BCUT2D eigenvalue weighted by molar-refractivity contribution is -0.131. The van der Waals surface area contributed by atoms with Crippen LogP contribution in [0.1, 0.15) is 18.4 Å². The number of nitrogens with one attached hydrogen (secondary N) is 1. The van der Waals surface area contributed by atoms with Crippen LogP contribution in [0, 0.1) is 0 Å². The fourth-order valence-corrected chi connectivity index (χ4v) is 3.30. The topological polar surface area (TPSA) is 75.7 Å². The molecule has 27 heavy (non-hydrogen) atoms. The van der Waals surface area contributed by atoms with Crippen LogP contribution in [0.2, 0.25) is 0 Å². The van der Waals surface area contributed by atoms with E-state index in [2.05, 4.69) is 4.74 Å². The van der Waals surface area contributed by atoms with E-state index in [0.717, 1.165) is 0 Å². The van der Waals surface area contributed by atoms with Crippen LogP contribution in [-0.4, -0.2) is 50.5 Å². The number of rotatable bonds is 7. The zero-order chi connectivity index (χ0) is 20.2. The molecule has 0 bridgehead atoms. The Morgan fingerprint density at radius 2 is 1.89 bits per heavy atom. The minimum absolute atomic E-state index is 0.0678. The van der Waals surface area contributed by atoms with Crippen molar-refractivity contribution in [2.24, 2.45) is 0 Å². The number of benzene rings is 1. The molecular weight excluding hydrogens is 399 g/mol. The van der Waals surface area contributed by atoms with Crippen LogP contribution in [0.15, 0.2) is 24.3 Å². The lowest BCUT2D eigenvalue weighted by atomic mass is 10.1. The second-order valence-electron chi connectivity index (χ2n) is 5.88. The first kappa shape index (κ1) is 21.4. The largest absolute Gasteiger partial charge is 0.511 e. The highest BCUT2D eigenvalue weighted by Gasteiger charge is 2.46. The average Bonchev–Trinajstić information content (AvgIpc) is 3.02. The first-order valence-electron chi connectivity index (χ1n) is 7.89. The minimum atomic E-state index is -5.47. The molecule has 2 rings (SSSR count). The third-order valence-corrected chi connectivity index (χ3v) is 5.17. The van der Waals surface area contributed by atoms with Gasteiger partial charge in [-0.2, -0.15) is 22.0 Å². The molecule has 0 aliphatic carbocycles. The molecule has 1 fully saturated rings. The number of nitrogens with zero attached hydrogens (tertiary/aromatic N) is 1. The van der Waals surface area contributed by atoms with Gasteiger partial charge in [-0.3, -0.25) is 4.79 Å². The van der Waals surface area contributed by atoms with Crippen LogP contribution < -0.4 is 9.46 Å². The van der Waals surface area contributed by atoms with Gasteiger partial charge in [0.2, 0.25) is 5.91 Å². The van der Waals surface area contributed by atoms with Crippen LogP contribution in [0.3, 0.4) is 0 Å². The van der Waals surface area contributed by atoms with Crippen LogP contribution in [0.5, 0.6) is 5.75 Å². The monoisotopic (exact) mass is 416 g/mol. The molecule has 1 aliphatic rings. The molecule has 0 unspecified atom stereocenters. The second kappa shape index (κ2) is 8.38. The van der Waals surface area contributed by atoms with Gasteiger partial charge in [-0.25, -0.2) is 13.1 Å². The van der Waals surface area contributed by atoms with E-state index in [0.29, 0.717) is 24.9 Å². The summed E-state index contributed by atoms with van der Waals surface area (Å²) in [5.74, 6) is -0.465. The number of ether oxygens (including phenoxy) is 1. The van der Waals surface area contributed by atoms with Gasteiger partial charge in [0.05, 0.1) is 6.42 Å². The number of hydrogen-bond donors (Lipinski definition) is 1. The molecule has 6 nitrogen and oxygen atoms in total. The maximum atomic E-state index is 12.4. The summed E-state index contributed by atoms with van der Waals surface area (Å²) in [4.78, 5) is 13.7. The Bertz CT molecular complexity index is 752. The summed E-state index contributed by atoms with van der Waals surface area (Å²) in [7, 11) is -5.47. The number of carbonyl (C=O) groups is 1. The van der Waals surface area contributed by atoms with Gasteiger partial charge in [-0.1, -0.05) is 12.1 Å². The lowest BCUT2D eigenvalue weighted by Gasteiger charge is -2.25. The van der Waals surface area contributed by atoms with Crippen LogP contribution >= 0.6 is 0 Å². The van der Waals surface area contributed by atoms with E-state index in [1.54, 1.807) is 0 Å². The summed E-state index contributed by atoms with van der Waals surface area (Å²) < 4.78 is 89.2. The number of hydrogen-bond acceptors (Lipinski definition) is 4. The molecule has 0 aromatic heterocycles. The van der Waals surface area contributed by atoms with Gasteiger partial charge in [0.25, 0.3) is 0 Å². The zero-order valence-corrected chi connectivity index (χ0v) is 14.7. The average molecular weight is 416 g/mol. The predicted molar refractivity (Wildman–Crippen MR) is 84.5 cm³/mol. The summed E-state index contributed by atoms with van der Waals surface area (Å²) in [5, 5.41) is 0. The molecule has 0 spiro atoms. The van der Waals surface area contributed by atoms with Gasteiger partial charge in [0.15, 0.2) is 0 Å². The number of likely N-dealkylation sites (tertiary alicyclic amines) is 1. The molecule has 1 aromatic carbocycles. The van der Waals surface area contributed by atoms with Gasteiger partial charge >= 0.3 is 22.1 Å².